The summed E-state index contributed by atoms with van der Waals surface area (Å²) in [5, 5.41) is 15.0. The van der Waals surface area contributed by atoms with E-state index in [0.717, 1.165) is 5.56 Å². The van der Waals surface area contributed by atoms with Gasteiger partial charge in [-0.1, -0.05) is 59.6 Å². The van der Waals surface area contributed by atoms with E-state index in [1.807, 2.05) is 51.1 Å². The van der Waals surface area contributed by atoms with E-state index in [9.17, 15) is 19.7 Å². The number of nitro benzene ring substituents is 1. The van der Waals surface area contributed by atoms with E-state index >= 15 is 0 Å². The molecule has 3 aromatic carbocycles. The van der Waals surface area contributed by atoms with Crippen LogP contribution in [0.5, 0.6) is 11.5 Å². The first-order chi connectivity index (χ1) is 18.9. The number of halogens is 2. The number of methoxy groups -OCH3 is 1. The maximum Gasteiger partial charge on any atom is 0.311 e. The highest BCUT2D eigenvalue weighted by Crippen LogP contribution is 2.31. The van der Waals surface area contributed by atoms with Gasteiger partial charge in [0.2, 0.25) is 11.7 Å². The summed E-state index contributed by atoms with van der Waals surface area (Å²) in [6.07, 6.45) is 0.241. The molecule has 1 atom stereocenters. The van der Waals surface area contributed by atoms with Crippen LogP contribution >= 0.6 is 23.2 Å². The largest absolute Gasteiger partial charge is 0.490 e. The number of nitro groups is 1. The summed E-state index contributed by atoms with van der Waals surface area (Å²) in [5.74, 6) is -0.648. The predicted molar refractivity (Wildman–Crippen MR) is 154 cm³/mol. The average Bonchev–Trinajstić information content (AvgIpc) is 2.89. The number of hydrogen-bond acceptors (Lipinski definition) is 6. The van der Waals surface area contributed by atoms with Crippen molar-refractivity contribution in [1.82, 2.24) is 10.2 Å². The predicted octanol–water partition coefficient (Wildman–Crippen LogP) is 5.84. The number of amides is 2. The number of ether oxygens (including phenoxy) is 2. The van der Waals surface area contributed by atoms with E-state index in [-0.39, 0.29) is 36.1 Å². The Bertz CT molecular complexity index is 1360. The van der Waals surface area contributed by atoms with Crippen molar-refractivity contribution in [2.75, 3.05) is 13.7 Å². The highest BCUT2D eigenvalue weighted by Gasteiger charge is 2.33. The summed E-state index contributed by atoms with van der Waals surface area (Å²) in [6, 6.07) is 17.3. The maximum atomic E-state index is 13.7. The third-order valence-electron chi connectivity index (χ3n) is 5.84. The van der Waals surface area contributed by atoms with Gasteiger partial charge in [-0.2, -0.15) is 0 Å². The highest BCUT2D eigenvalue weighted by molar-refractivity contribution is 6.35. The van der Waals surface area contributed by atoms with Crippen LogP contribution in [0.25, 0.3) is 0 Å². The van der Waals surface area contributed by atoms with Crippen LogP contribution in [0.15, 0.2) is 66.7 Å². The fourth-order valence-electron chi connectivity index (χ4n) is 3.97. The number of carbonyl (C=O) groups is 2. The van der Waals surface area contributed by atoms with Crippen molar-refractivity contribution in [3.05, 3.63) is 98.0 Å². The van der Waals surface area contributed by atoms with Crippen LogP contribution in [-0.2, 0) is 22.6 Å². The molecule has 0 saturated heterocycles. The summed E-state index contributed by atoms with van der Waals surface area (Å²) in [7, 11) is 1.30. The monoisotopic (exact) mass is 587 g/mol. The Morgan fingerprint density at radius 1 is 1.05 bits per heavy atom. The van der Waals surface area contributed by atoms with Crippen LogP contribution in [0, 0.1) is 10.1 Å². The molecule has 0 heterocycles. The molecular weight excluding hydrogens is 557 g/mol. The minimum atomic E-state index is -0.907. The lowest BCUT2D eigenvalue weighted by molar-refractivity contribution is -0.385. The van der Waals surface area contributed by atoms with Crippen molar-refractivity contribution in [1.29, 1.82) is 0 Å². The molecule has 3 rings (SSSR count). The molecule has 9 nitrogen and oxygen atoms in total. The number of nitrogens with zero attached hydrogens (tertiary/aromatic N) is 2. The topological polar surface area (TPSA) is 111 Å². The Balaban J connectivity index is 1.96. The Morgan fingerprint density at radius 3 is 2.35 bits per heavy atom. The smallest absolute Gasteiger partial charge is 0.311 e. The Hall–Kier alpha value is -3.82. The van der Waals surface area contributed by atoms with Crippen LogP contribution < -0.4 is 14.8 Å². The molecule has 212 valence electrons. The second-order valence-corrected chi connectivity index (χ2v) is 10.9. The second kappa shape index (κ2) is 13.5. The number of hydrogen-bond donors (Lipinski definition) is 1. The summed E-state index contributed by atoms with van der Waals surface area (Å²) >= 11 is 12.5. The Kier molecular flexibility index (Phi) is 10.4. The van der Waals surface area contributed by atoms with Crippen LogP contribution in [0.1, 0.15) is 31.9 Å². The zero-order chi connectivity index (χ0) is 29.4. The molecule has 0 spiro atoms. The molecule has 3 aromatic rings. The first-order valence-electron chi connectivity index (χ1n) is 12.4. The highest BCUT2D eigenvalue weighted by atomic mass is 35.5. The molecule has 0 aliphatic rings. The number of carbonyl (C=O) groups excluding carboxylic acids is 2. The van der Waals surface area contributed by atoms with Gasteiger partial charge in [0, 0.05) is 40.7 Å². The van der Waals surface area contributed by atoms with Crippen molar-refractivity contribution < 1.29 is 24.0 Å². The van der Waals surface area contributed by atoms with Gasteiger partial charge < -0.3 is 19.7 Å². The molecule has 0 aliphatic carbocycles. The van der Waals surface area contributed by atoms with Gasteiger partial charge in [0.15, 0.2) is 6.61 Å². The van der Waals surface area contributed by atoms with Crippen molar-refractivity contribution in [3.63, 3.8) is 0 Å². The van der Waals surface area contributed by atoms with Gasteiger partial charge >= 0.3 is 5.69 Å². The van der Waals surface area contributed by atoms with E-state index in [1.165, 1.54) is 30.2 Å². The van der Waals surface area contributed by atoms with Gasteiger partial charge in [0.05, 0.1) is 12.0 Å². The third kappa shape index (κ3) is 8.59. The van der Waals surface area contributed by atoms with Crippen LogP contribution in [0.2, 0.25) is 10.0 Å². The van der Waals surface area contributed by atoms with Gasteiger partial charge in [-0.3, -0.25) is 19.7 Å². The normalized spacial score (nSPS) is 11.8. The molecule has 0 bridgehead atoms. The lowest BCUT2D eigenvalue weighted by atomic mass is 10.0. The molecule has 0 aromatic heterocycles. The minimum absolute atomic E-state index is 0.00809. The molecule has 0 fully saturated rings. The van der Waals surface area contributed by atoms with Crippen molar-refractivity contribution in [3.8, 4) is 11.5 Å². The van der Waals surface area contributed by atoms with E-state index < -0.39 is 29.0 Å². The van der Waals surface area contributed by atoms with Crippen LogP contribution in [-0.4, -0.2) is 46.9 Å². The minimum Gasteiger partial charge on any atom is -0.490 e. The molecule has 40 heavy (non-hydrogen) atoms. The Labute approximate surface area is 243 Å². The fourth-order valence-corrected chi connectivity index (χ4v) is 4.44. The van der Waals surface area contributed by atoms with Crippen molar-refractivity contribution in [2.24, 2.45) is 0 Å². The summed E-state index contributed by atoms with van der Waals surface area (Å²) in [4.78, 5) is 39.4. The summed E-state index contributed by atoms with van der Waals surface area (Å²) in [5.41, 5.74) is 0.669. The quantitative estimate of drug-likeness (QED) is 0.223. The Morgan fingerprint density at radius 2 is 1.75 bits per heavy atom. The second-order valence-electron chi connectivity index (χ2n) is 10.1. The average molecular weight is 588 g/mol. The van der Waals surface area contributed by atoms with Crippen molar-refractivity contribution >= 4 is 40.7 Å². The van der Waals surface area contributed by atoms with Gasteiger partial charge in [-0.05, 0) is 50.1 Å². The molecule has 0 saturated carbocycles. The molecule has 0 unspecified atom stereocenters. The maximum absolute atomic E-state index is 13.7. The lowest BCUT2D eigenvalue weighted by Gasteiger charge is -2.34. The zero-order valence-corrected chi connectivity index (χ0v) is 24.2. The molecule has 0 aliphatic heterocycles. The lowest BCUT2D eigenvalue weighted by Crippen LogP contribution is -2.55. The van der Waals surface area contributed by atoms with E-state index in [2.05, 4.69) is 5.32 Å². The summed E-state index contributed by atoms with van der Waals surface area (Å²) in [6.45, 7) is 5.14. The SMILES string of the molecule is COc1cc(OCC(=O)N(Cc2ccc(Cl)cc2Cl)[C@@H](Cc2ccccc2)C(=O)NC(C)(C)C)ccc1[N+](=O)[O-]. The molecule has 11 heteroatoms. The first-order valence-corrected chi connectivity index (χ1v) is 13.2. The molecule has 1 N–H and O–H groups in total. The first kappa shape index (κ1) is 30.7. The van der Waals surface area contributed by atoms with Gasteiger partial charge in [0.25, 0.3) is 5.91 Å². The van der Waals surface area contributed by atoms with E-state index in [1.54, 1.807) is 18.2 Å². The van der Waals surface area contributed by atoms with Crippen LogP contribution in [0.3, 0.4) is 0 Å². The molecular formula is C29H31Cl2N3O6. The van der Waals surface area contributed by atoms with Crippen molar-refractivity contribution in [2.45, 2.75) is 45.3 Å². The summed E-state index contributed by atoms with van der Waals surface area (Å²) < 4.78 is 10.8. The fraction of sp³-hybridized carbons (Fsp3) is 0.310. The molecule has 0 radical (unpaired) electrons. The van der Waals surface area contributed by atoms with Gasteiger partial charge in [0.1, 0.15) is 11.8 Å². The van der Waals surface area contributed by atoms with E-state index in [4.69, 9.17) is 32.7 Å². The third-order valence-corrected chi connectivity index (χ3v) is 6.42. The molecule has 2 amide bonds. The van der Waals surface area contributed by atoms with Crippen LogP contribution in [0.4, 0.5) is 5.69 Å². The number of benzene rings is 3. The van der Waals surface area contributed by atoms with Gasteiger partial charge in [-0.15, -0.1) is 0 Å². The number of rotatable bonds is 11. The van der Waals surface area contributed by atoms with E-state index in [0.29, 0.717) is 15.6 Å². The number of nitrogens with one attached hydrogen (secondary N) is 1. The zero-order valence-electron chi connectivity index (χ0n) is 22.6. The standard InChI is InChI=1S/C29H31Cl2N3O6/c1-29(2,3)32-28(36)25(14-19-8-6-5-7-9-19)33(17-20-10-11-21(30)15-23(20)31)27(35)18-40-22-12-13-24(34(37)38)26(16-22)39-4/h5-13,15-16,25H,14,17-18H2,1-4H3,(H,32,36)/t25-/m0/s1. The van der Waals surface area contributed by atoms with Gasteiger partial charge in [-0.25, -0.2) is 0 Å².